The molecule has 8 nitrogen and oxygen atoms in total. The van der Waals surface area contributed by atoms with Crippen molar-refractivity contribution < 1.29 is 14.1 Å². The van der Waals surface area contributed by atoms with E-state index in [2.05, 4.69) is 39.8 Å². The van der Waals surface area contributed by atoms with Crippen LogP contribution in [0.5, 0.6) is 0 Å². The molecule has 1 amide bonds. The van der Waals surface area contributed by atoms with Gasteiger partial charge in [0.25, 0.3) is 5.91 Å². The van der Waals surface area contributed by atoms with Gasteiger partial charge in [-0.05, 0) is 67.0 Å². The van der Waals surface area contributed by atoms with Crippen LogP contribution in [0.1, 0.15) is 54.0 Å². The number of H-pyrrole nitrogens is 1. The molecule has 1 saturated carbocycles. The van der Waals surface area contributed by atoms with Gasteiger partial charge in [-0.25, -0.2) is 4.79 Å². The van der Waals surface area contributed by atoms with Gasteiger partial charge in [0.15, 0.2) is 5.82 Å². The third-order valence-corrected chi connectivity index (χ3v) is 7.71. The third kappa shape index (κ3) is 3.51. The van der Waals surface area contributed by atoms with Crippen LogP contribution >= 0.6 is 0 Å². The summed E-state index contributed by atoms with van der Waals surface area (Å²) in [6, 6.07) is 18.0. The largest absolute Gasteiger partial charge is 0.438 e. The molecule has 2 fully saturated rings. The van der Waals surface area contributed by atoms with Gasteiger partial charge in [-0.2, -0.15) is 0 Å². The first-order valence-corrected chi connectivity index (χ1v) is 12.1. The zero-order valence-corrected chi connectivity index (χ0v) is 19.9. The first-order chi connectivity index (χ1) is 17.0. The fraction of sp³-hybridized carbons (Fsp3) is 0.370. The lowest BCUT2D eigenvalue weighted by atomic mass is 9.91. The lowest BCUT2D eigenvalue weighted by molar-refractivity contribution is 0.0853. The van der Waals surface area contributed by atoms with Crippen LogP contribution in [0.15, 0.2) is 63.9 Å². The SMILES string of the molecule is C[C@H]1C[C@]1(c1noc(=O)[nH]1)n1c(C(=O)N(C)c2ccccc2)cc2cc(C3CCOCC3)ccc21. The van der Waals surface area contributed by atoms with E-state index >= 15 is 0 Å². The van der Waals surface area contributed by atoms with Crippen molar-refractivity contribution in [1.29, 1.82) is 0 Å². The second-order valence-corrected chi connectivity index (χ2v) is 9.74. The van der Waals surface area contributed by atoms with Crippen molar-refractivity contribution in [1.82, 2.24) is 14.7 Å². The second-order valence-electron chi connectivity index (χ2n) is 9.74. The molecule has 0 radical (unpaired) electrons. The summed E-state index contributed by atoms with van der Waals surface area (Å²) in [5.41, 5.74) is 2.94. The number of amides is 1. The number of aromatic amines is 1. The monoisotopic (exact) mass is 472 g/mol. The van der Waals surface area contributed by atoms with Gasteiger partial charge in [0.1, 0.15) is 11.2 Å². The molecule has 2 atom stereocenters. The molecule has 2 aromatic heterocycles. The van der Waals surface area contributed by atoms with Crippen LogP contribution in [0.4, 0.5) is 5.69 Å². The van der Waals surface area contributed by atoms with Gasteiger partial charge in [0.2, 0.25) is 0 Å². The minimum absolute atomic E-state index is 0.121. The van der Waals surface area contributed by atoms with E-state index in [0.29, 0.717) is 17.4 Å². The number of carbonyl (C=O) groups excluding carboxylic acids is 1. The Bertz CT molecular complexity index is 1450. The first-order valence-electron chi connectivity index (χ1n) is 12.1. The highest BCUT2D eigenvalue weighted by atomic mass is 16.5. The lowest BCUT2D eigenvalue weighted by Gasteiger charge is -2.24. The molecule has 0 bridgehead atoms. The Balaban J connectivity index is 1.52. The fourth-order valence-electron chi connectivity index (χ4n) is 5.62. The van der Waals surface area contributed by atoms with Gasteiger partial charge >= 0.3 is 5.76 Å². The van der Waals surface area contributed by atoms with Gasteiger partial charge < -0.3 is 14.2 Å². The number of hydrogen-bond acceptors (Lipinski definition) is 5. The van der Waals surface area contributed by atoms with Gasteiger partial charge in [0, 0.05) is 36.9 Å². The van der Waals surface area contributed by atoms with Crippen molar-refractivity contribution in [2.75, 3.05) is 25.2 Å². The maximum Gasteiger partial charge on any atom is 0.438 e. The molecule has 0 spiro atoms. The molecule has 35 heavy (non-hydrogen) atoms. The van der Waals surface area contributed by atoms with Crippen molar-refractivity contribution >= 4 is 22.5 Å². The summed E-state index contributed by atoms with van der Waals surface area (Å²) in [4.78, 5) is 30.2. The Kier molecular flexibility index (Phi) is 5.14. The van der Waals surface area contributed by atoms with Gasteiger partial charge in [-0.3, -0.25) is 14.3 Å². The van der Waals surface area contributed by atoms with Gasteiger partial charge in [0.05, 0.1) is 0 Å². The summed E-state index contributed by atoms with van der Waals surface area (Å²) < 4.78 is 12.5. The van der Waals surface area contributed by atoms with Crippen LogP contribution in [-0.4, -0.2) is 40.9 Å². The number of nitrogens with one attached hydrogen (secondary N) is 1. The number of fused-ring (bicyclic) bond motifs is 1. The predicted octanol–water partition coefficient (Wildman–Crippen LogP) is 4.27. The standard InChI is InChI=1S/C27H28N4O4/c1-17-16-27(17,25-28-26(33)35-29-25)31-22-9-8-19(18-10-12-34-13-11-18)14-20(22)15-23(31)24(32)30(2)21-6-4-3-5-7-21/h3-9,14-15,17-18H,10-13,16H2,1-2H3,(H,28,29,33)/t17-,27-/m0/s1. The molecule has 1 aliphatic heterocycles. The third-order valence-electron chi connectivity index (χ3n) is 7.71. The minimum atomic E-state index is -0.642. The number of benzene rings is 2. The van der Waals surface area contributed by atoms with E-state index < -0.39 is 11.3 Å². The quantitative estimate of drug-likeness (QED) is 0.468. The van der Waals surface area contributed by atoms with Crippen molar-refractivity contribution in [3.8, 4) is 0 Å². The summed E-state index contributed by atoms with van der Waals surface area (Å²) in [7, 11) is 1.79. The Morgan fingerprint density at radius 2 is 1.89 bits per heavy atom. The molecule has 8 heteroatoms. The fourth-order valence-corrected chi connectivity index (χ4v) is 5.62. The maximum atomic E-state index is 13.9. The maximum absolute atomic E-state index is 13.9. The molecule has 4 aromatic rings. The predicted molar refractivity (Wildman–Crippen MR) is 132 cm³/mol. The summed E-state index contributed by atoms with van der Waals surface area (Å²) >= 11 is 0. The average Bonchev–Trinajstić information content (AvgIpc) is 3.21. The summed E-state index contributed by atoms with van der Waals surface area (Å²) in [6.07, 6.45) is 2.74. The number of rotatable bonds is 5. The van der Waals surface area contributed by atoms with Crippen molar-refractivity contribution in [3.05, 3.63) is 82.2 Å². The first kappa shape index (κ1) is 21.9. The highest BCUT2D eigenvalue weighted by Crippen LogP contribution is 2.55. The van der Waals surface area contributed by atoms with E-state index in [1.165, 1.54) is 5.56 Å². The Morgan fingerprint density at radius 1 is 1.14 bits per heavy atom. The van der Waals surface area contributed by atoms with E-state index in [1.807, 2.05) is 36.4 Å². The normalized spacial score (nSPS) is 22.4. The zero-order chi connectivity index (χ0) is 24.2. The molecular formula is C27H28N4O4. The van der Waals surface area contributed by atoms with Crippen LogP contribution < -0.4 is 10.7 Å². The molecule has 1 N–H and O–H groups in total. The molecule has 2 aromatic carbocycles. The molecule has 3 heterocycles. The number of para-hydroxylation sites is 1. The van der Waals surface area contributed by atoms with Crippen LogP contribution in [0.25, 0.3) is 10.9 Å². The number of ether oxygens (including phenoxy) is 1. The molecule has 6 rings (SSSR count). The number of anilines is 1. The van der Waals surface area contributed by atoms with E-state index in [4.69, 9.17) is 9.26 Å². The highest BCUT2D eigenvalue weighted by molar-refractivity contribution is 6.08. The van der Waals surface area contributed by atoms with Crippen molar-refractivity contribution in [2.45, 2.75) is 37.6 Å². The number of nitrogens with zero attached hydrogens (tertiary/aromatic N) is 3. The number of carbonyl (C=O) groups is 1. The molecule has 1 saturated heterocycles. The minimum Gasteiger partial charge on any atom is -0.381 e. The van der Waals surface area contributed by atoms with E-state index in [9.17, 15) is 9.59 Å². The highest BCUT2D eigenvalue weighted by Gasteiger charge is 2.59. The molecule has 2 aliphatic rings. The van der Waals surface area contributed by atoms with E-state index in [1.54, 1.807) is 11.9 Å². The second kappa shape index (κ2) is 8.23. The van der Waals surface area contributed by atoms with Crippen LogP contribution in [0.3, 0.4) is 0 Å². The van der Waals surface area contributed by atoms with Crippen LogP contribution in [-0.2, 0) is 10.3 Å². The Hall–Kier alpha value is -3.65. The van der Waals surface area contributed by atoms with Gasteiger partial charge in [-0.1, -0.05) is 36.3 Å². The van der Waals surface area contributed by atoms with E-state index in [0.717, 1.165) is 49.1 Å². The molecule has 1 aliphatic carbocycles. The summed E-state index contributed by atoms with van der Waals surface area (Å²) in [5, 5.41) is 5.06. The summed E-state index contributed by atoms with van der Waals surface area (Å²) in [6.45, 7) is 3.65. The molecule has 0 unspecified atom stereocenters. The topological polar surface area (TPSA) is 93.4 Å². The van der Waals surface area contributed by atoms with Crippen molar-refractivity contribution in [2.24, 2.45) is 5.92 Å². The molecular weight excluding hydrogens is 444 g/mol. The average molecular weight is 473 g/mol. The lowest BCUT2D eigenvalue weighted by Crippen LogP contribution is -2.33. The Labute approximate surface area is 202 Å². The van der Waals surface area contributed by atoms with Crippen LogP contribution in [0.2, 0.25) is 0 Å². The molecule has 180 valence electrons. The van der Waals surface area contributed by atoms with Crippen LogP contribution in [0, 0.1) is 5.92 Å². The Morgan fingerprint density at radius 3 is 2.54 bits per heavy atom. The number of aromatic nitrogens is 3. The van der Waals surface area contributed by atoms with E-state index in [-0.39, 0.29) is 11.8 Å². The van der Waals surface area contributed by atoms with Gasteiger partial charge in [-0.15, -0.1) is 0 Å². The van der Waals surface area contributed by atoms with Crippen molar-refractivity contribution in [3.63, 3.8) is 0 Å². The number of hydrogen-bond donors (Lipinski definition) is 1. The zero-order valence-electron chi connectivity index (χ0n) is 19.9. The summed E-state index contributed by atoms with van der Waals surface area (Å²) in [5.74, 6) is 0.360. The smallest absolute Gasteiger partial charge is 0.381 e.